The molecule has 2 heterocycles. The second-order valence-corrected chi connectivity index (χ2v) is 5.50. The number of amides is 1. The Bertz CT molecular complexity index is 463. The molecule has 2 aliphatic rings. The number of fused-ring (bicyclic) bond motifs is 1. The highest BCUT2D eigenvalue weighted by atomic mass is 35.5. The molecule has 1 aromatic carbocycles. The molecule has 0 bridgehead atoms. The lowest BCUT2D eigenvalue weighted by molar-refractivity contribution is -0.138. The van der Waals surface area contributed by atoms with Crippen molar-refractivity contribution in [2.75, 3.05) is 13.1 Å². The maximum absolute atomic E-state index is 11.9. The quantitative estimate of drug-likeness (QED) is 0.845. The first kappa shape index (κ1) is 12.0. The van der Waals surface area contributed by atoms with Crippen molar-refractivity contribution in [2.45, 2.75) is 31.3 Å². The summed E-state index contributed by atoms with van der Waals surface area (Å²) in [7, 11) is 0. The lowest BCUT2D eigenvalue weighted by Gasteiger charge is -2.44. The highest BCUT2D eigenvalue weighted by molar-refractivity contribution is 6.30. The van der Waals surface area contributed by atoms with Crippen molar-refractivity contribution in [3.63, 3.8) is 0 Å². The van der Waals surface area contributed by atoms with E-state index in [0.29, 0.717) is 12.6 Å². The number of rotatable bonds is 1. The molecule has 0 spiro atoms. The standard InChI is InChI=1S/C14H17ClN2O/c15-11-5-3-4-10(8-11)14-12-6-1-2-7-17(12)13(18)9-16-14/h3-5,8,12,14,16H,1-2,6-7,9H2. The molecule has 0 aliphatic carbocycles. The van der Waals surface area contributed by atoms with Crippen LogP contribution < -0.4 is 5.32 Å². The first-order valence-electron chi connectivity index (χ1n) is 6.54. The van der Waals surface area contributed by atoms with Crippen LogP contribution in [0.25, 0.3) is 0 Å². The number of hydrogen-bond donors (Lipinski definition) is 1. The van der Waals surface area contributed by atoms with Gasteiger partial charge >= 0.3 is 0 Å². The molecule has 0 radical (unpaired) electrons. The average Bonchev–Trinajstić information content (AvgIpc) is 2.39. The summed E-state index contributed by atoms with van der Waals surface area (Å²) >= 11 is 6.06. The third-order valence-electron chi connectivity index (χ3n) is 3.94. The number of benzene rings is 1. The van der Waals surface area contributed by atoms with Crippen LogP contribution in [-0.2, 0) is 4.79 Å². The monoisotopic (exact) mass is 264 g/mol. The van der Waals surface area contributed by atoms with Crippen LogP contribution >= 0.6 is 11.6 Å². The molecule has 1 N–H and O–H groups in total. The Kier molecular flexibility index (Phi) is 3.27. The zero-order valence-corrected chi connectivity index (χ0v) is 11.0. The van der Waals surface area contributed by atoms with E-state index in [4.69, 9.17) is 11.6 Å². The maximum Gasteiger partial charge on any atom is 0.236 e. The predicted octanol–water partition coefficient (Wildman–Crippen LogP) is 2.37. The van der Waals surface area contributed by atoms with E-state index in [-0.39, 0.29) is 11.9 Å². The minimum atomic E-state index is 0.224. The molecular formula is C14H17ClN2O. The Morgan fingerprint density at radius 2 is 2.22 bits per heavy atom. The largest absolute Gasteiger partial charge is 0.337 e. The molecule has 1 aromatic rings. The van der Waals surface area contributed by atoms with Gasteiger partial charge in [-0.2, -0.15) is 0 Å². The summed E-state index contributed by atoms with van der Waals surface area (Å²) < 4.78 is 0. The van der Waals surface area contributed by atoms with Crippen LogP contribution in [0.4, 0.5) is 0 Å². The molecule has 3 nitrogen and oxygen atoms in total. The molecule has 2 aliphatic heterocycles. The van der Waals surface area contributed by atoms with Crippen LogP contribution in [0, 0.1) is 0 Å². The van der Waals surface area contributed by atoms with Crippen molar-refractivity contribution < 1.29 is 4.79 Å². The number of carbonyl (C=O) groups is 1. The van der Waals surface area contributed by atoms with E-state index < -0.39 is 0 Å². The Morgan fingerprint density at radius 1 is 1.33 bits per heavy atom. The van der Waals surface area contributed by atoms with Crippen LogP contribution in [0.5, 0.6) is 0 Å². The van der Waals surface area contributed by atoms with Gasteiger partial charge in [-0.25, -0.2) is 0 Å². The van der Waals surface area contributed by atoms with E-state index in [9.17, 15) is 4.79 Å². The van der Waals surface area contributed by atoms with E-state index in [1.54, 1.807) is 0 Å². The van der Waals surface area contributed by atoms with Gasteiger partial charge < -0.3 is 4.90 Å². The van der Waals surface area contributed by atoms with Crippen LogP contribution in [0.3, 0.4) is 0 Å². The number of piperazine rings is 1. The lowest BCUT2D eigenvalue weighted by atomic mass is 9.89. The van der Waals surface area contributed by atoms with Crippen LogP contribution in [0.1, 0.15) is 30.9 Å². The molecule has 0 saturated carbocycles. The van der Waals surface area contributed by atoms with E-state index in [1.807, 2.05) is 23.1 Å². The molecule has 2 atom stereocenters. The fourth-order valence-corrected chi connectivity index (χ4v) is 3.29. The van der Waals surface area contributed by atoms with Crippen LogP contribution in [-0.4, -0.2) is 29.9 Å². The molecule has 2 unspecified atom stereocenters. The fourth-order valence-electron chi connectivity index (χ4n) is 3.09. The zero-order chi connectivity index (χ0) is 12.5. The van der Waals surface area contributed by atoms with E-state index in [1.165, 1.54) is 12.0 Å². The molecule has 0 aromatic heterocycles. The van der Waals surface area contributed by atoms with Gasteiger partial charge in [0.05, 0.1) is 18.6 Å². The van der Waals surface area contributed by atoms with Gasteiger partial charge in [-0.15, -0.1) is 0 Å². The topological polar surface area (TPSA) is 32.3 Å². The summed E-state index contributed by atoms with van der Waals surface area (Å²) in [6, 6.07) is 8.47. The molecule has 96 valence electrons. The Labute approximate surface area is 112 Å². The van der Waals surface area contributed by atoms with E-state index >= 15 is 0 Å². The third kappa shape index (κ3) is 2.13. The normalized spacial score (nSPS) is 28.1. The van der Waals surface area contributed by atoms with Gasteiger partial charge in [0.15, 0.2) is 0 Å². The van der Waals surface area contributed by atoms with Gasteiger partial charge in [0.1, 0.15) is 0 Å². The molecule has 1 amide bonds. The number of carbonyl (C=O) groups excluding carboxylic acids is 1. The first-order valence-corrected chi connectivity index (χ1v) is 6.92. The number of halogens is 1. The van der Waals surface area contributed by atoms with Crippen molar-refractivity contribution in [1.82, 2.24) is 10.2 Å². The highest BCUT2D eigenvalue weighted by Gasteiger charge is 2.37. The molecule has 18 heavy (non-hydrogen) atoms. The second-order valence-electron chi connectivity index (χ2n) is 5.06. The van der Waals surface area contributed by atoms with Gasteiger partial charge in [0, 0.05) is 11.6 Å². The Morgan fingerprint density at radius 3 is 3.06 bits per heavy atom. The smallest absolute Gasteiger partial charge is 0.236 e. The molecule has 2 saturated heterocycles. The number of piperidine rings is 1. The molecule has 4 heteroatoms. The van der Waals surface area contributed by atoms with Crippen molar-refractivity contribution in [3.8, 4) is 0 Å². The summed E-state index contributed by atoms with van der Waals surface area (Å²) in [4.78, 5) is 14.0. The minimum Gasteiger partial charge on any atom is -0.337 e. The van der Waals surface area contributed by atoms with Crippen molar-refractivity contribution >= 4 is 17.5 Å². The van der Waals surface area contributed by atoms with E-state index in [0.717, 1.165) is 24.4 Å². The predicted molar refractivity (Wildman–Crippen MR) is 71.5 cm³/mol. The minimum absolute atomic E-state index is 0.224. The van der Waals surface area contributed by atoms with Gasteiger partial charge in [0.2, 0.25) is 5.91 Å². The number of nitrogens with zero attached hydrogens (tertiary/aromatic N) is 1. The number of hydrogen-bond acceptors (Lipinski definition) is 2. The molecular weight excluding hydrogens is 248 g/mol. The first-order chi connectivity index (χ1) is 8.75. The highest BCUT2D eigenvalue weighted by Crippen LogP contribution is 2.32. The van der Waals surface area contributed by atoms with Gasteiger partial charge in [0.25, 0.3) is 0 Å². The summed E-state index contributed by atoms with van der Waals surface area (Å²) in [6.45, 7) is 1.34. The zero-order valence-electron chi connectivity index (χ0n) is 10.2. The third-order valence-corrected chi connectivity index (χ3v) is 4.17. The van der Waals surface area contributed by atoms with Crippen molar-refractivity contribution in [1.29, 1.82) is 0 Å². The summed E-state index contributed by atoms with van der Waals surface area (Å²) in [6.07, 6.45) is 3.41. The summed E-state index contributed by atoms with van der Waals surface area (Å²) in [5, 5.41) is 4.12. The lowest BCUT2D eigenvalue weighted by Crippen LogP contribution is -2.57. The fraction of sp³-hybridized carbons (Fsp3) is 0.500. The van der Waals surface area contributed by atoms with Crippen LogP contribution in [0.15, 0.2) is 24.3 Å². The van der Waals surface area contributed by atoms with E-state index in [2.05, 4.69) is 11.4 Å². The molecule has 2 fully saturated rings. The second kappa shape index (κ2) is 4.90. The van der Waals surface area contributed by atoms with Crippen molar-refractivity contribution in [2.24, 2.45) is 0 Å². The summed E-state index contributed by atoms with van der Waals surface area (Å²) in [5.41, 5.74) is 1.19. The SMILES string of the molecule is O=C1CNC(c2cccc(Cl)c2)C2CCCCN12. The van der Waals surface area contributed by atoms with Gasteiger partial charge in [-0.3, -0.25) is 10.1 Å². The maximum atomic E-state index is 11.9. The van der Waals surface area contributed by atoms with Crippen LogP contribution in [0.2, 0.25) is 5.02 Å². The molecule has 3 rings (SSSR count). The van der Waals surface area contributed by atoms with Gasteiger partial charge in [-0.05, 0) is 37.0 Å². The Balaban J connectivity index is 1.89. The average molecular weight is 265 g/mol. The number of nitrogens with one attached hydrogen (secondary N) is 1. The Hall–Kier alpha value is -1.06. The van der Waals surface area contributed by atoms with Gasteiger partial charge in [-0.1, -0.05) is 23.7 Å². The van der Waals surface area contributed by atoms with Crippen molar-refractivity contribution in [3.05, 3.63) is 34.9 Å². The summed E-state index contributed by atoms with van der Waals surface area (Å²) in [5.74, 6) is 0.234.